The van der Waals surface area contributed by atoms with Gasteiger partial charge in [-0.05, 0) is 67.8 Å². The molecule has 4 rings (SSSR count). The van der Waals surface area contributed by atoms with Crippen LogP contribution < -0.4 is 4.74 Å². The maximum atomic E-state index is 5.71. The minimum absolute atomic E-state index is 0.379. The number of fused-ring (bicyclic) bond motifs is 1. The SMILES string of the molecule is COc1cccc2c(CCc3ccccc3)cc(C3C(C)=CC(C)=C3C)cc12. The molecule has 0 saturated heterocycles. The van der Waals surface area contributed by atoms with Crippen LogP contribution in [0, 0.1) is 0 Å². The van der Waals surface area contributed by atoms with E-state index in [0.717, 1.165) is 18.6 Å². The lowest BCUT2D eigenvalue weighted by atomic mass is 9.85. The van der Waals surface area contributed by atoms with E-state index in [1.54, 1.807) is 7.11 Å². The van der Waals surface area contributed by atoms with E-state index >= 15 is 0 Å². The summed E-state index contributed by atoms with van der Waals surface area (Å²) in [4.78, 5) is 0. The van der Waals surface area contributed by atoms with Crippen molar-refractivity contribution in [1.82, 2.24) is 0 Å². The first-order chi connectivity index (χ1) is 13.6. The second-order valence-corrected chi connectivity index (χ2v) is 7.91. The van der Waals surface area contributed by atoms with Gasteiger partial charge in [-0.1, -0.05) is 71.3 Å². The average Bonchev–Trinajstić information content (AvgIpc) is 2.97. The largest absolute Gasteiger partial charge is 0.496 e. The van der Waals surface area contributed by atoms with Gasteiger partial charge in [0.05, 0.1) is 7.11 Å². The van der Waals surface area contributed by atoms with Crippen LogP contribution in [0.25, 0.3) is 10.8 Å². The fraction of sp³-hybridized carbons (Fsp3) is 0.259. The Morgan fingerprint density at radius 3 is 2.29 bits per heavy atom. The number of hydrogen-bond donors (Lipinski definition) is 0. The molecule has 0 heterocycles. The van der Waals surface area contributed by atoms with Crippen molar-refractivity contribution < 1.29 is 4.74 Å². The van der Waals surface area contributed by atoms with Crippen molar-refractivity contribution in [2.24, 2.45) is 0 Å². The quantitative estimate of drug-likeness (QED) is 0.470. The third-order valence-corrected chi connectivity index (χ3v) is 6.10. The van der Waals surface area contributed by atoms with Crippen molar-refractivity contribution >= 4 is 10.8 Å². The normalized spacial score (nSPS) is 16.6. The van der Waals surface area contributed by atoms with E-state index in [1.807, 2.05) is 0 Å². The van der Waals surface area contributed by atoms with Crippen molar-refractivity contribution in [3.63, 3.8) is 0 Å². The third-order valence-electron chi connectivity index (χ3n) is 6.10. The van der Waals surface area contributed by atoms with Crippen molar-refractivity contribution in [3.8, 4) is 5.75 Å². The second-order valence-electron chi connectivity index (χ2n) is 7.91. The number of hydrogen-bond acceptors (Lipinski definition) is 1. The lowest BCUT2D eigenvalue weighted by Crippen LogP contribution is -2.02. The van der Waals surface area contributed by atoms with Crippen molar-refractivity contribution in [2.45, 2.75) is 39.5 Å². The number of rotatable bonds is 5. The minimum atomic E-state index is 0.379. The van der Waals surface area contributed by atoms with Gasteiger partial charge in [0.2, 0.25) is 0 Å². The molecule has 3 aromatic rings. The van der Waals surface area contributed by atoms with E-state index in [0.29, 0.717) is 5.92 Å². The van der Waals surface area contributed by atoms with Gasteiger partial charge < -0.3 is 4.74 Å². The lowest BCUT2D eigenvalue weighted by molar-refractivity contribution is 0.420. The molecular formula is C27H28O. The number of methoxy groups -OCH3 is 1. The standard InChI is InChI=1S/C27H28O/c1-18-15-19(2)27(20(18)3)23-16-22(14-13-21-9-6-5-7-10-21)24-11-8-12-26(28-4)25(24)17-23/h5-12,15-17,27H,13-14H2,1-4H3. The molecule has 0 saturated carbocycles. The fourth-order valence-corrected chi connectivity index (χ4v) is 4.56. The molecule has 1 aliphatic carbocycles. The maximum absolute atomic E-state index is 5.71. The Kier molecular flexibility index (Phi) is 5.09. The predicted molar refractivity (Wildman–Crippen MR) is 119 cm³/mol. The van der Waals surface area contributed by atoms with Gasteiger partial charge in [0.25, 0.3) is 0 Å². The van der Waals surface area contributed by atoms with E-state index < -0.39 is 0 Å². The molecule has 28 heavy (non-hydrogen) atoms. The highest BCUT2D eigenvalue weighted by atomic mass is 16.5. The summed E-state index contributed by atoms with van der Waals surface area (Å²) in [6, 6.07) is 21.9. The zero-order valence-electron chi connectivity index (χ0n) is 17.3. The maximum Gasteiger partial charge on any atom is 0.126 e. The summed E-state index contributed by atoms with van der Waals surface area (Å²) < 4.78 is 5.71. The van der Waals surface area contributed by atoms with Crippen LogP contribution >= 0.6 is 0 Å². The highest BCUT2D eigenvalue weighted by molar-refractivity contribution is 5.92. The van der Waals surface area contributed by atoms with Crippen LogP contribution in [0.3, 0.4) is 0 Å². The molecule has 1 nitrogen and oxygen atoms in total. The van der Waals surface area contributed by atoms with Gasteiger partial charge in [-0.2, -0.15) is 0 Å². The van der Waals surface area contributed by atoms with Crippen LogP contribution in [0.5, 0.6) is 5.75 Å². The van der Waals surface area contributed by atoms with Crippen molar-refractivity contribution in [3.05, 3.63) is 100 Å². The number of benzene rings is 3. The number of allylic oxidation sites excluding steroid dienone is 4. The van der Waals surface area contributed by atoms with Gasteiger partial charge >= 0.3 is 0 Å². The van der Waals surface area contributed by atoms with Crippen molar-refractivity contribution in [1.29, 1.82) is 0 Å². The smallest absolute Gasteiger partial charge is 0.126 e. The van der Waals surface area contributed by atoms with E-state index in [1.165, 1.54) is 44.2 Å². The Hall–Kier alpha value is -2.80. The molecule has 1 unspecified atom stereocenters. The van der Waals surface area contributed by atoms with Crippen LogP contribution in [0.2, 0.25) is 0 Å². The first-order valence-corrected chi connectivity index (χ1v) is 10.1. The molecule has 0 fully saturated rings. The summed E-state index contributed by atoms with van der Waals surface area (Å²) in [5.41, 5.74) is 8.45. The molecule has 0 aliphatic heterocycles. The van der Waals surface area contributed by atoms with Gasteiger partial charge in [0, 0.05) is 11.3 Å². The molecular weight excluding hydrogens is 340 g/mol. The molecule has 0 aromatic heterocycles. The van der Waals surface area contributed by atoms with Crippen LogP contribution in [-0.4, -0.2) is 7.11 Å². The summed E-state index contributed by atoms with van der Waals surface area (Å²) in [6.07, 6.45) is 4.40. The predicted octanol–water partition coefficient (Wildman–Crippen LogP) is 7.01. The summed E-state index contributed by atoms with van der Waals surface area (Å²) in [6.45, 7) is 6.74. The molecule has 3 aromatic carbocycles. The summed E-state index contributed by atoms with van der Waals surface area (Å²) >= 11 is 0. The summed E-state index contributed by atoms with van der Waals surface area (Å²) in [5, 5.41) is 2.52. The highest BCUT2D eigenvalue weighted by Crippen LogP contribution is 2.42. The van der Waals surface area contributed by atoms with Crippen LogP contribution in [0.15, 0.2) is 83.5 Å². The van der Waals surface area contributed by atoms with Crippen molar-refractivity contribution in [2.75, 3.05) is 7.11 Å². The molecule has 0 amide bonds. The fourth-order valence-electron chi connectivity index (χ4n) is 4.56. The monoisotopic (exact) mass is 368 g/mol. The Labute approximate surface area is 168 Å². The van der Waals surface area contributed by atoms with Gasteiger partial charge in [-0.3, -0.25) is 0 Å². The van der Waals surface area contributed by atoms with Gasteiger partial charge in [-0.25, -0.2) is 0 Å². The summed E-state index contributed by atoms with van der Waals surface area (Å²) in [5.74, 6) is 1.34. The van der Waals surface area contributed by atoms with Gasteiger partial charge in [-0.15, -0.1) is 0 Å². The summed E-state index contributed by atoms with van der Waals surface area (Å²) in [7, 11) is 1.76. The zero-order valence-corrected chi connectivity index (χ0v) is 17.3. The third kappa shape index (κ3) is 3.38. The minimum Gasteiger partial charge on any atom is -0.496 e. The lowest BCUT2D eigenvalue weighted by Gasteiger charge is -2.20. The van der Waals surface area contributed by atoms with E-state index in [-0.39, 0.29) is 0 Å². The Morgan fingerprint density at radius 2 is 1.61 bits per heavy atom. The van der Waals surface area contributed by atoms with Gasteiger partial charge in [0.15, 0.2) is 0 Å². The molecule has 142 valence electrons. The number of aryl methyl sites for hydroxylation is 2. The molecule has 1 atom stereocenters. The van der Waals surface area contributed by atoms with Gasteiger partial charge in [0.1, 0.15) is 5.75 Å². The molecule has 1 heteroatoms. The average molecular weight is 369 g/mol. The van der Waals surface area contributed by atoms with Crippen LogP contribution in [0.1, 0.15) is 43.4 Å². The van der Waals surface area contributed by atoms with Crippen LogP contribution in [0.4, 0.5) is 0 Å². The Morgan fingerprint density at radius 1 is 0.821 bits per heavy atom. The molecule has 0 radical (unpaired) electrons. The van der Waals surface area contributed by atoms with E-state index in [4.69, 9.17) is 4.74 Å². The van der Waals surface area contributed by atoms with Crippen LogP contribution in [-0.2, 0) is 12.8 Å². The molecule has 1 aliphatic rings. The molecule has 0 N–H and O–H groups in total. The zero-order chi connectivity index (χ0) is 19.7. The Balaban J connectivity index is 1.82. The molecule has 0 spiro atoms. The van der Waals surface area contributed by atoms with E-state index in [9.17, 15) is 0 Å². The topological polar surface area (TPSA) is 9.23 Å². The number of ether oxygens (including phenoxy) is 1. The first kappa shape index (κ1) is 18.6. The molecule has 0 bridgehead atoms. The second kappa shape index (κ2) is 7.67. The van der Waals surface area contributed by atoms with E-state index in [2.05, 4.69) is 87.5 Å². The first-order valence-electron chi connectivity index (χ1n) is 10.1. The Bertz CT molecular complexity index is 1070. The highest BCUT2D eigenvalue weighted by Gasteiger charge is 2.23.